The summed E-state index contributed by atoms with van der Waals surface area (Å²) in [6, 6.07) is 10.1. The van der Waals surface area contributed by atoms with Crippen LogP contribution in [-0.4, -0.2) is 19.5 Å². The number of aromatic carboxylic acids is 1. The van der Waals surface area contributed by atoms with Gasteiger partial charge in [0, 0.05) is 10.2 Å². The molecule has 2 rings (SSSR count). The van der Waals surface area contributed by atoms with Crippen LogP contribution in [0.15, 0.2) is 51.8 Å². The molecular weight excluding hydrogens is 358 g/mol. The molecule has 0 unspecified atom stereocenters. The molecule has 2 aromatic carbocycles. The summed E-state index contributed by atoms with van der Waals surface area (Å²) in [4.78, 5) is 10.8. The summed E-state index contributed by atoms with van der Waals surface area (Å²) < 4.78 is 27.7. The van der Waals surface area contributed by atoms with Crippen LogP contribution in [0.25, 0.3) is 0 Å². The highest BCUT2D eigenvalue weighted by Gasteiger charge is 2.15. The number of sulfonamides is 1. The van der Waals surface area contributed by atoms with Crippen molar-refractivity contribution in [3.8, 4) is 0 Å². The molecule has 0 atom stereocenters. The lowest BCUT2D eigenvalue weighted by molar-refractivity contribution is 0.0697. The molecule has 0 aliphatic rings. The molecule has 0 aliphatic heterocycles. The third-order valence-corrected chi connectivity index (χ3v) is 5.09. The Morgan fingerprint density at radius 3 is 2.29 bits per heavy atom. The molecule has 21 heavy (non-hydrogen) atoms. The molecule has 110 valence electrons. The minimum atomic E-state index is -3.75. The minimum Gasteiger partial charge on any atom is -0.478 e. The number of nitrogens with one attached hydrogen (secondary N) is 1. The molecule has 0 spiro atoms. The van der Waals surface area contributed by atoms with E-state index >= 15 is 0 Å². The number of halogens is 1. The number of hydrogen-bond donors (Lipinski definition) is 2. The van der Waals surface area contributed by atoms with E-state index in [2.05, 4.69) is 20.7 Å². The second-order valence-corrected chi connectivity index (χ2v) is 6.94. The van der Waals surface area contributed by atoms with Crippen molar-refractivity contribution in [2.45, 2.75) is 11.8 Å². The molecule has 0 aliphatic carbocycles. The quantitative estimate of drug-likeness (QED) is 0.866. The van der Waals surface area contributed by atoms with Gasteiger partial charge in [0.1, 0.15) is 0 Å². The first-order valence-corrected chi connectivity index (χ1v) is 8.19. The Morgan fingerprint density at radius 2 is 1.76 bits per heavy atom. The van der Waals surface area contributed by atoms with E-state index in [1.165, 1.54) is 24.3 Å². The van der Waals surface area contributed by atoms with Crippen LogP contribution in [0, 0.1) is 6.92 Å². The summed E-state index contributed by atoms with van der Waals surface area (Å²) in [7, 11) is -3.75. The second kappa shape index (κ2) is 5.87. The molecule has 2 N–H and O–H groups in total. The van der Waals surface area contributed by atoms with Gasteiger partial charge in [-0.1, -0.05) is 22.0 Å². The van der Waals surface area contributed by atoms with Crippen molar-refractivity contribution in [2.24, 2.45) is 0 Å². The summed E-state index contributed by atoms with van der Waals surface area (Å²) >= 11 is 3.34. The third-order valence-electron chi connectivity index (χ3n) is 2.84. The van der Waals surface area contributed by atoms with Gasteiger partial charge in [0.2, 0.25) is 0 Å². The van der Waals surface area contributed by atoms with Gasteiger partial charge < -0.3 is 5.11 Å². The zero-order valence-corrected chi connectivity index (χ0v) is 13.4. The number of aryl methyl sites for hydroxylation is 1. The molecule has 0 bridgehead atoms. The molecular formula is C14H12BrNO4S. The van der Waals surface area contributed by atoms with Crippen LogP contribution in [0.2, 0.25) is 0 Å². The predicted octanol–water partition coefficient (Wildman–Crippen LogP) is 3.26. The monoisotopic (exact) mass is 369 g/mol. The molecule has 0 amide bonds. The van der Waals surface area contributed by atoms with Crippen molar-refractivity contribution in [2.75, 3.05) is 4.72 Å². The molecule has 5 nitrogen and oxygen atoms in total. The lowest BCUT2D eigenvalue weighted by Gasteiger charge is -2.09. The zero-order valence-electron chi connectivity index (χ0n) is 11.0. The summed E-state index contributed by atoms with van der Waals surface area (Å²) in [6.07, 6.45) is 0. The number of rotatable bonds is 4. The van der Waals surface area contributed by atoms with Crippen molar-refractivity contribution in [1.82, 2.24) is 0 Å². The van der Waals surface area contributed by atoms with Crippen molar-refractivity contribution < 1.29 is 18.3 Å². The number of anilines is 1. The van der Waals surface area contributed by atoms with E-state index < -0.39 is 16.0 Å². The average Bonchev–Trinajstić information content (AvgIpc) is 2.43. The molecule has 0 heterocycles. The van der Waals surface area contributed by atoms with Crippen molar-refractivity contribution in [1.29, 1.82) is 0 Å². The molecule has 0 saturated heterocycles. The Bertz CT molecular complexity index is 785. The maximum atomic E-state index is 12.2. The Labute approximate surface area is 130 Å². The molecule has 7 heteroatoms. The van der Waals surface area contributed by atoms with Crippen molar-refractivity contribution in [3.05, 3.63) is 58.1 Å². The van der Waals surface area contributed by atoms with Crippen LogP contribution in [0.3, 0.4) is 0 Å². The maximum Gasteiger partial charge on any atom is 0.335 e. The van der Waals surface area contributed by atoms with Gasteiger partial charge in [0.15, 0.2) is 0 Å². The van der Waals surface area contributed by atoms with Gasteiger partial charge in [-0.2, -0.15) is 0 Å². The van der Waals surface area contributed by atoms with Crippen LogP contribution in [0.5, 0.6) is 0 Å². The Morgan fingerprint density at radius 1 is 1.14 bits per heavy atom. The summed E-state index contributed by atoms with van der Waals surface area (Å²) in [6.45, 7) is 1.90. The first kappa shape index (κ1) is 15.5. The third kappa shape index (κ3) is 3.62. The highest BCUT2D eigenvalue weighted by Crippen LogP contribution is 2.23. The predicted molar refractivity (Wildman–Crippen MR) is 83.1 cm³/mol. The maximum absolute atomic E-state index is 12.2. The highest BCUT2D eigenvalue weighted by molar-refractivity contribution is 9.10. The Hall–Kier alpha value is -1.86. The molecule has 0 radical (unpaired) electrons. The number of hydrogen-bond acceptors (Lipinski definition) is 3. The number of carbonyl (C=O) groups is 1. The van der Waals surface area contributed by atoms with Gasteiger partial charge in [-0.05, 0) is 48.9 Å². The Balaban J connectivity index is 2.29. The van der Waals surface area contributed by atoms with Crippen LogP contribution >= 0.6 is 15.9 Å². The average molecular weight is 370 g/mol. The number of benzene rings is 2. The second-order valence-electron chi connectivity index (χ2n) is 4.40. The molecule has 2 aromatic rings. The minimum absolute atomic E-state index is 0.00389. The molecule has 0 saturated carbocycles. The summed E-state index contributed by atoms with van der Waals surface area (Å²) in [5.74, 6) is -1.10. The molecule has 0 aromatic heterocycles. The van der Waals surface area contributed by atoms with Crippen LogP contribution in [0.4, 0.5) is 5.69 Å². The summed E-state index contributed by atoms with van der Waals surface area (Å²) in [5.41, 5.74) is 1.45. The van der Waals surface area contributed by atoms with Gasteiger partial charge in [0.25, 0.3) is 10.0 Å². The Kier molecular flexibility index (Phi) is 4.34. The van der Waals surface area contributed by atoms with E-state index in [4.69, 9.17) is 5.11 Å². The smallest absolute Gasteiger partial charge is 0.335 e. The normalized spacial score (nSPS) is 11.1. The van der Waals surface area contributed by atoms with E-state index in [-0.39, 0.29) is 10.5 Å². The standard InChI is InChI=1S/C14H12BrNO4S/c1-9-2-5-11(8-13(9)15)16-21(19,20)12-6-3-10(4-7-12)14(17)18/h2-8,16H,1H3,(H,17,18). The van der Waals surface area contributed by atoms with Crippen molar-refractivity contribution >= 4 is 37.6 Å². The van der Waals surface area contributed by atoms with Crippen LogP contribution in [-0.2, 0) is 10.0 Å². The van der Waals surface area contributed by atoms with Crippen LogP contribution < -0.4 is 4.72 Å². The number of carboxylic acid groups (broad SMARTS) is 1. The highest BCUT2D eigenvalue weighted by atomic mass is 79.9. The van der Waals surface area contributed by atoms with Gasteiger partial charge in [-0.3, -0.25) is 4.72 Å². The molecule has 0 fully saturated rings. The van der Waals surface area contributed by atoms with Gasteiger partial charge >= 0.3 is 5.97 Å². The van der Waals surface area contributed by atoms with E-state index in [1.54, 1.807) is 18.2 Å². The zero-order chi connectivity index (χ0) is 15.6. The SMILES string of the molecule is Cc1ccc(NS(=O)(=O)c2ccc(C(=O)O)cc2)cc1Br. The topological polar surface area (TPSA) is 83.5 Å². The van der Waals surface area contributed by atoms with Crippen molar-refractivity contribution in [3.63, 3.8) is 0 Å². The fourth-order valence-electron chi connectivity index (χ4n) is 1.65. The van der Waals surface area contributed by atoms with Gasteiger partial charge in [-0.25, -0.2) is 13.2 Å². The van der Waals surface area contributed by atoms with Gasteiger partial charge in [0.05, 0.1) is 10.5 Å². The van der Waals surface area contributed by atoms with Gasteiger partial charge in [-0.15, -0.1) is 0 Å². The number of carboxylic acids is 1. The fraction of sp³-hybridized carbons (Fsp3) is 0.0714. The largest absolute Gasteiger partial charge is 0.478 e. The lowest BCUT2D eigenvalue weighted by atomic mass is 10.2. The van der Waals surface area contributed by atoms with E-state index in [9.17, 15) is 13.2 Å². The van der Waals surface area contributed by atoms with E-state index in [1.807, 2.05) is 6.92 Å². The van der Waals surface area contributed by atoms with Crippen LogP contribution in [0.1, 0.15) is 15.9 Å². The van der Waals surface area contributed by atoms with E-state index in [0.717, 1.165) is 10.0 Å². The first-order chi connectivity index (χ1) is 9.79. The first-order valence-electron chi connectivity index (χ1n) is 5.92. The lowest BCUT2D eigenvalue weighted by Crippen LogP contribution is -2.13. The summed E-state index contributed by atoms with van der Waals surface area (Å²) in [5, 5.41) is 8.80. The fourth-order valence-corrected chi connectivity index (χ4v) is 3.08. The van der Waals surface area contributed by atoms with E-state index in [0.29, 0.717) is 5.69 Å².